The minimum atomic E-state index is -2.54. The molecule has 1 unspecified atom stereocenters. The lowest BCUT2D eigenvalue weighted by Crippen LogP contribution is -2.37. The predicted octanol–water partition coefficient (Wildman–Crippen LogP) is 0.936. The predicted molar refractivity (Wildman–Crippen MR) is 46.4 cm³/mol. The summed E-state index contributed by atoms with van der Waals surface area (Å²) in [7, 11) is 0. The first-order valence-electron chi connectivity index (χ1n) is 3.94. The first kappa shape index (κ1) is 11.1. The van der Waals surface area contributed by atoms with Crippen LogP contribution >= 0.6 is 0 Å². The van der Waals surface area contributed by atoms with Gasteiger partial charge in [-0.3, -0.25) is 4.79 Å². The van der Waals surface area contributed by atoms with E-state index in [0.29, 0.717) is 0 Å². The van der Waals surface area contributed by atoms with E-state index >= 15 is 0 Å². The number of carbonyl (C=O) groups excluding carboxylic acids is 1. The molecule has 1 aromatic carbocycles. The number of carboxylic acid groups (broad SMARTS) is 1. The average molecular weight is 215 g/mol. The number of carboxylic acids is 1. The van der Waals surface area contributed by atoms with Gasteiger partial charge >= 0.3 is 5.97 Å². The Balaban J connectivity index is 2.78. The molecule has 80 valence electrons. The SMILES string of the molecule is O=C(NC(F)C(=O)O)c1ccccc1F. The molecule has 15 heavy (non-hydrogen) atoms. The van der Waals surface area contributed by atoms with Crippen LogP contribution in [0.1, 0.15) is 10.4 Å². The highest BCUT2D eigenvalue weighted by Crippen LogP contribution is 2.06. The summed E-state index contributed by atoms with van der Waals surface area (Å²) in [5.74, 6) is -3.78. The zero-order valence-corrected chi connectivity index (χ0v) is 7.41. The second-order valence-electron chi connectivity index (χ2n) is 2.65. The highest BCUT2D eigenvalue weighted by molar-refractivity contribution is 5.96. The van der Waals surface area contributed by atoms with Crippen LogP contribution in [0.5, 0.6) is 0 Å². The Kier molecular flexibility index (Phi) is 3.33. The number of hydrogen-bond acceptors (Lipinski definition) is 2. The van der Waals surface area contributed by atoms with Crippen LogP contribution in [0, 0.1) is 5.82 Å². The summed E-state index contributed by atoms with van der Waals surface area (Å²) in [6.07, 6.45) is -2.54. The molecule has 6 heteroatoms. The van der Waals surface area contributed by atoms with Crippen molar-refractivity contribution >= 4 is 11.9 Å². The van der Waals surface area contributed by atoms with Gasteiger partial charge in [-0.15, -0.1) is 0 Å². The van der Waals surface area contributed by atoms with Crippen molar-refractivity contribution in [2.45, 2.75) is 6.30 Å². The Morgan fingerprint density at radius 1 is 1.33 bits per heavy atom. The van der Waals surface area contributed by atoms with Crippen molar-refractivity contribution in [3.8, 4) is 0 Å². The topological polar surface area (TPSA) is 66.4 Å². The van der Waals surface area contributed by atoms with E-state index in [2.05, 4.69) is 0 Å². The van der Waals surface area contributed by atoms with E-state index in [1.165, 1.54) is 17.4 Å². The first-order valence-corrected chi connectivity index (χ1v) is 3.94. The van der Waals surface area contributed by atoms with E-state index in [1.54, 1.807) is 0 Å². The maximum Gasteiger partial charge on any atom is 0.359 e. The molecule has 1 aromatic rings. The highest BCUT2D eigenvalue weighted by atomic mass is 19.1. The molecular weight excluding hydrogens is 208 g/mol. The van der Waals surface area contributed by atoms with Gasteiger partial charge in [-0.05, 0) is 12.1 Å². The number of halogens is 2. The molecule has 0 aliphatic carbocycles. The fraction of sp³-hybridized carbons (Fsp3) is 0.111. The number of nitrogens with one attached hydrogen (secondary N) is 1. The maximum atomic E-state index is 13.0. The summed E-state index contributed by atoms with van der Waals surface area (Å²) in [6, 6.07) is 4.88. The van der Waals surface area contributed by atoms with Gasteiger partial charge in [-0.25, -0.2) is 13.6 Å². The number of amides is 1. The van der Waals surface area contributed by atoms with Gasteiger partial charge < -0.3 is 10.4 Å². The first-order chi connectivity index (χ1) is 7.02. The molecule has 0 saturated carbocycles. The number of carbonyl (C=O) groups is 2. The van der Waals surface area contributed by atoms with Gasteiger partial charge in [0, 0.05) is 0 Å². The summed E-state index contributed by atoms with van der Waals surface area (Å²) >= 11 is 0. The zero-order chi connectivity index (χ0) is 11.4. The smallest absolute Gasteiger partial charge is 0.359 e. The van der Waals surface area contributed by atoms with Crippen LogP contribution < -0.4 is 5.32 Å². The molecule has 0 aliphatic rings. The number of aliphatic carboxylic acids is 1. The van der Waals surface area contributed by atoms with Crippen LogP contribution in [0.25, 0.3) is 0 Å². The summed E-state index contributed by atoms with van der Waals surface area (Å²) in [4.78, 5) is 21.2. The van der Waals surface area contributed by atoms with Crippen molar-refractivity contribution in [3.05, 3.63) is 35.6 Å². The van der Waals surface area contributed by atoms with Gasteiger partial charge in [-0.1, -0.05) is 12.1 Å². The molecule has 0 radical (unpaired) electrons. The maximum absolute atomic E-state index is 13.0. The Morgan fingerprint density at radius 3 is 2.47 bits per heavy atom. The van der Waals surface area contributed by atoms with Crippen LogP contribution in [0.4, 0.5) is 8.78 Å². The third-order valence-electron chi connectivity index (χ3n) is 1.59. The van der Waals surface area contributed by atoms with Gasteiger partial charge in [0.25, 0.3) is 12.2 Å². The second-order valence-corrected chi connectivity index (χ2v) is 2.65. The molecule has 0 heterocycles. The van der Waals surface area contributed by atoms with E-state index in [0.717, 1.165) is 12.1 Å². The third-order valence-corrected chi connectivity index (χ3v) is 1.59. The summed E-state index contributed by atoms with van der Waals surface area (Å²) < 4.78 is 25.5. The number of alkyl halides is 1. The average Bonchev–Trinajstić information content (AvgIpc) is 2.18. The highest BCUT2D eigenvalue weighted by Gasteiger charge is 2.20. The Bertz CT molecular complexity index is 395. The van der Waals surface area contributed by atoms with Crippen molar-refractivity contribution in [3.63, 3.8) is 0 Å². The molecule has 0 bridgehead atoms. The number of benzene rings is 1. The largest absolute Gasteiger partial charge is 0.478 e. The van der Waals surface area contributed by atoms with Crippen molar-refractivity contribution in [2.24, 2.45) is 0 Å². The van der Waals surface area contributed by atoms with Crippen LogP contribution in [0.2, 0.25) is 0 Å². The van der Waals surface area contributed by atoms with Crippen molar-refractivity contribution in [2.75, 3.05) is 0 Å². The van der Waals surface area contributed by atoms with Crippen molar-refractivity contribution in [1.82, 2.24) is 5.32 Å². The Hall–Kier alpha value is -1.98. The van der Waals surface area contributed by atoms with Gasteiger partial charge in [0.15, 0.2) is 0 Å². The molecule has 1 atom stereocenters. The fourth-order valence-corrected chi connectivity index (χ4v) is 0.900. The molecule has 0 fully saturated rings. The molecule has 4 nitrogen and oxygen atoms in total. The van der Waals surface area contributed by atoms with E-state index in [1.807, 2.05) is 0 Å². The molecule has 0 aromatic heterocycles. The van der Waals surface area contributed by atoms with Gasteiger partial charge in [0.05, 0.1) is 5.56 Å². The minimum Gasteiger partial charge on any atom is -0.478 e. The van der Waals surface area contributed by atoms with Crippen LogP contribution in [-0.4, -0.2) is 23.3 Å². The van der Waals surface area contributed by atoms with Gasteiger partial charge in [0.1, 0.15) is 5.82 Å². The summed E-state index contributed by atoms with van der Waals surface area (Å²) in [5.41, 5.74) is -0.401. The standard InChI is InChI=1S/C9H7F2NO3/c10-6-4-2-1-3-5(6)8(13)12-7(11)9(14)15/h1-4,7H,(H,12,13)(H,14,15). The second kappa shape index (κ2) is 4.50. The molecule has 1 rings (SSSR count). The van der Waals surface area contributed by atoms with E-state index in [4.69, 9.17) is 5.11 Å². The molecule has 0 aliphatic heterocycles. The normalized spacial score (nSPS) is 11.9. The quantitative estimate of drug-likeness (QED) is 0.737. The van der Waals surface area contributed by atoms with E-state index in [-0.39, 0.29) is 0 Å². The van der Waals surface area contributed by atoms with Crippen LogP contribution in [0.3, 0.4) is 0 Å². The lowest BCUT2D eigenvalue weighted by atomic mass is 10.2. The Morgan fingerprint density at radius 2 is 1.93 bits per heavy atom. The third kappa shape index (κ3) is 2.73. The summed E-state index contributed by atoms with van der Waals surface area (Å²) in [6.45, 7) is 0. The fourth-order valence-electron chi connectivity index (χ4n) is 0.900. The van der Waals surface area contributed by atoms with Crippen molar-refractivity contribution < 1.29 is 23.5 Å². The number of hydrogen-bond donors (Lipinski definition) is 2. The molecule has 2 N–H and O–H groups in total. The molecule has 0 spiro atoms. The molecular formula is C9H7F2NO3. The Labute approximate surface area is 83.5 Å². The minimum absolute atomic E-state index is 0.401. The van der Waals surface area contributed by atoms with Gasteiger partial charge in [0.2, 0.25) is 0 Å². The van der Waals surface area contributed by atoms with E-state index < -0.39 is 29.6 Å². The lowest BCUT2D eigenvalue weighted by Gasteiger charge is -2.06. The monoisotopic (exact) mass is 215 g/mol. The van der Waals surface area contributed by atoms with Crippen LogP contribution in [0.15, 0.2) is 24.3 Å². The lowest BCUT2D eigenvalue weighted by molar-refractivity contribution is -0.143. The van der Waals surface area contributed by atoms with Crippen LogP contribution in [-0.2, 0) is 4.79 Å². The van der Waals surface area contributed by atoms with E-state index in [9.17, 15) is 18.4 Å². The summed E-state index contributed by atoms with van der Waals surface area (Å²) in [5, 5.41) is 9.65. The molecule has 1 amide bonds. The zero-order valence-electron chi connectivity index (χ0n) is 7.41. The number of rotatable bonds is 3. The molecule has 0 saturated heterocycles. The van der Waals surface area contributed by atoms with Crippen molar-refractivity contribution in [1.29, 1.82) is 0 Å². The van der Waals surface area contributed by atoms with Gasteiger partial charge in [-0.2, -0.15) is 0 Å².